The maximum absolute atomic E-state index is 12.2. The van der Waals surface area contributed by atoms with Crippen LogP contribution in [0.1, 0.15) is 21.7 Å². The van der Waals surface area contributed by atoms with E-state index in [1.165, 1.54) is 10.9 Å². The van der Waals surface area contributed by atoms with Gasteiger partial charge in [-0.05, 0) is 23.3 Å². The molecule has 0 radical (unpaired) electrons. The quantitative estimate of drug-likeness (QED) is 0.517. The van der Waals surface area contributed by atoms with Gasteiger partial charge in [-0.15, -0.1) is 5.10 Å². The molecule has 2 aromatic heterocycles. The maximum atomic E-state index is 12.2. The number of benzene rings is 1. The van der Waals surface area contributed by atoms with Gasteiger partial charge in [-0.2, -0.15) is 9.78 Å². The molecule has 10 nitrogen and oxygen atoms in total. The monoisotopic (exact) mass is 380 g/mol. The number of nitrogens with two attached hydrogens (primary N) is 1. The Bertz CT molecular complexity index is 965. The van der Waals surface area contributed by atoms with Gasteiger partial charge in [-0.3, -0.25) is 4.79 Å². The minimum atomic E-state index is -0.576. The number of anilines is 1. The van der Waals surface area contributed by atoms with E-state index in [1.54, 1.807) is 25.1 Å². The van der Waals surface area contributed by atoms with Crippen molar-refractivity contribution < 1.29 is 9.42 Å². The van der Waals surface area contributed by atoms with Crippen LogP contribution in [0, 0.1) is 6.92 Å². The lowest BCUT2D eigenvalue weighted by molar-refractivity contribution is 0.0949. The van der Waals surface area contributed by atoms with E-state index in [1.807, 2.05) is 0 Å². The van der Waals surface area contributed by atoms with Gasteiger partial charge in [-0.25, -0.2) is 10.1 Å². The van der Waals surface area contributed by atoms with Gasteiger partial charge in [0, 0.05) is 5.56 Å². The second-order valence-electron chi connectivity index (χ2n) is 4.75. The second kappa shape index (κ2) is 6.87. The number of nitrogen functional groups attached to an aromatic ring is 1. The number of hydrazone groups is 1. The first-order chi connectivity index (χ1) is 12.0. The zero-order valence-electron chi connectivity index (χ0n) is 12.6. The molecule has 3 N–H and O–H groups in total. The van der Waals surface area contributed by atoms with Crippen LogP contribution in [-0.4, -0.2) is 37.4 Å². The van der Waals surface area contributed by atoms with Gasteiger partial charge < -0.3 is 5.73 Å². The minimum Gasteiger partial charge on any atom is -0.378 e. The molecule has 0 aliphatic carbocycles. The Morgan fingerprint density at radius 1 is 1.40 bits per heavy atom. The molecule has 0 saturated heterocycles. The molecule has 1 amide bonds. The molecule has 0 bridgehead atoms. The highest BCUT2D eigenvalue weighted by Crippen LogP contribution is 2.24. The summed E-state index contributed by atoms with van der Waals surface area (Å²) in [5, 5.41) is 19.2. The highest BCUT2D eigenvalue weighted by Gasteiger charge is 2.20. The summed E-state index contributed by atoms with van der Waals surface area (Å²) < 4.78 is 5.73. The number of nitrogens with zero attached hydrogens (tertiary/aromatic N) is 6. The SMILES string of the molecule is Cc1c(C(=O)N/N=C\c2cccc(Cl)c2Cl)nnn1-c1nonc1N. The van der Waals surface area contributed by atoms with Crippen molar-refractivity contribution in [3.8, 4) is 5.82 Å². The van der Waals surface area contributed by atoms with Crippen LogP contribution >= 0.6 is 23.2 Å². The van der Waals surface area contributed by atoms with Gasteiger partial charge in [0.2, 0.25) is 11.6 Å². The van der Waals surface area contributed by atoms with E-state index < -0.39 is 5.91 Å². The summed E-state index contributed by atoms with van der Waals surface area (Å²) >= 11 is 11.9. The van der Waals surface area contributed by atoms with Gasteiger partial charge in [0.15, 0.2) is 5.69 Å². The van der Waals surface area contributed by atoms with Crippen LogP contribution in [-0.2, 0) is 0 Å². The third-order valence-electron chi connectivity index (χ3n) is 3.16. The summed E-state index contributed by atoms with van der Waals surface area (Å²) in [6, 6.07) is 5.06. The molecular weight excluding hydrogens is 371 g/mol. The van der Waals surface area contributed by atoms with Crippen molar-refractivity contribution in [1.29, 1.82) is 0 Å². The molecular formula is C13H10Cl2N8O2. The average Bonchev–Trinajstić information content (AvgIpc) is 3.16. The molecule has 12 heteroatoms. The lowest BCUT2D eigenvalue weighted by Crippen LogP contribution is -2.19. The first-order valence-electron chi connectivity index (χ1n) is 6.77. The van der Waals surface area contributed by atoms with Crippen molar-refractivity contribution in [2.75, 3.05) is 5.73 Å². The number of amides is 1. The van der Waals surface area contributed by atoms with Gasteiger partial charge >= 0.3 is 0 Å². The van der Waals surface area contributed by atoms with Gasteiger partial charge in [0.05, 0.1) is 22.0 Å². The fourth-order valence-electron chi connectivity index (χ4n) is 1.91. The largest absolute Gasteiger partial charge is 0.378 e. The molecule has 25 heavy (non-hydrogen) atoms. The van der Waals surface area contributed by atoms with E-state index in [2.05, 4.69) is 35.8 Å². The van der Waals surface area contributed by atoms with Crippen LogP contribution in [0.5, 0.6) is 0 Å². The summed E-state index contributed by atoms with van der Waals surface area (Å²) in [4.78, 5) is 12.2. The number of hydrogen-bond acceptors (Lipinski definition) is 8. The van der Waals surface area contributed by atoms with E-state index in [4.69, 9.17) is 28.9 Å². The van der Waals surface area contributed by atoms with Crippen LogP contribution in [0.15, 0.2) is 27.9 Å². The molecule has 0 fully saturated rings. The molecule has 0 atom stereocenters. The van der Waals surface area contributed by atoms with E-state index in [0.717, 1.165) is 0 Å². The summed E-state index contributed by atoms with van der Waals surface area (Å²) in [6.07, 6.45) is 1.37. The van der Waals surface area contributed by atoms with E-state index >= 15 is 0 Å². The van der Waals surface area contributed by atoms with E-state index in [0.29, 0.717) is 21.3 Å². The summed E-state index contributed by atoms with van der Waals surface area (Å²) in [5.74, 6) is -0.417. The van der Waals surface area contributed by atoms with Crippen LogP contribution in [0.3, 0.4) is 0 Å². The normalized spacial score (nSPS) is 11.2. The van der Waals surface area contributed by atoms with Crippen molar-refractivity contribution in [1.82, 2.24) is 30.7 Å². The van der Waals surface area contributed by atoms with Crippen molar-refractivity contribution in [2.45, 2.75) is 6.92 Å². The van der Waals surface area contributed by atoms with Crippen molar-refractivity contribution in [2.24, 2.45) is 5.10 Å². The third kappa shape index (κ3) is 3.30. The van der Waals surface area contributed by atoms with Crippen LogP contribution in [0.25, 0.3) is 5.82 Å². The summed E-state index contributed by atoms with van der Waals surface area (Å²) in [5.41, 5.74) is 8.90. The van der Waals surface area contributed by atoms with E-state index in [-0.39, 0.29) is 17.3 Å². The fraction of sp³-hybridized carbons (Fsp3) is 0.0769. The van der Waals surface area contributed by atoms with Gasteiger partial charge in [0.25, 0.3) is 5.91 Å². The highest BCUT2D eigenvalue weighted by atomic mass is 35.5. The number of hydrogen-bond donors (Lipinski definition) is 2. The van der Waals surface area contributed by atoms with E-state index in [9.17, 15) is 4.79 Å². The number of nitrogens with one attached hydrogen (secondary N) is 1. The van der Waals surface area contributed by atoms with Crippen molar-refractivity contribution in [3.05, 3.63) is 45.2 Å². The van der Waals surface area contributed by atoms with Gasteiger partial charge in [0.1, 0.15) is 0 Å². The summed E-state index contributed by atoms with van der Waals surface area (Å²) in [7, 11) is 0. The molecule has 0 aliphatic rings. The Hall–Kier alpha value is -2.98. The molecule has 0 spiro atoms. The zero-order chi connectivity index (χ0) is 18.0. The molecule has 0 saturated carbocycles. The number of carbonyl (C=O) groups is 1. The van der Waals surface area contributed by atoms with Crippen molar-refractivity contribution >= 4 is 41.1 Å². The fourth-order valence-corrected chi connectivity index (χ4v) is 2.27. The molecule has 3 rings (SSSR count). The van der Waals surface area contributed by atoms with Crippen LogP contribution in [0.2, 0.25) is 10.0 Å². The minimum absolute atomic E-state index is 0.0218. The molecule has 0 aliphatic heterocycles. The predicted molar refractivity (Wildman–Crippen MR) is 89.9 cm³/mol. The molecule has 1 aromatic carbocycles. The highest BCUT2D eigenvalue weighted by molar-refractivity contribution is 6.43. The topological polar surface area (TPSA) is 137 Å². The molecule has 0 unspecified atom stereocenters. The number of halogens is 2. The number of carbonyl (C=O) groups excluding carboxylic acids is 1. The Kier molecular flexibility index (Phi) is 4.63. The average molecular weight is 381 g/mol. The number of rotatable bonds is 4. The first-order valence-corrected chi connectivity index (χ1v) is 7.52. The lowest BCUT2D eigenvalue weighted by atomic mass is 10.2. The third-order valence-corrected chi connectivity index (χ3v) is 3.99. The summed E-state index contributed by atoms with van der Waals surface area (Å²) in [6.45, 7) is 1.61. The number of aromatic nitrogens is 5. The molecule has 3 aromatic rings. The Labute approximate surface area is 150 Å². The maximum Gasteiger partial charge on any atom is 0.293 e. The Morgan fingerprint density at radius 3 is 2.92 bits per heavy atom. The second-order valence-corrected chi connectivity index (χ2v) is 5.54. The standard InChI is InChI=1S/C13H10Cl2N8O2/c1-6-10(18-22-23(6)12-11(16)20-25-21-12)13(24)19-17-5-7-3-2-4-8(14)9(7)15/h2-5H,1H3,(H2,16,20)(H,19,24)/b17-5-. The zero-order valence-corrected chi connectivity index (χ0v) is 14.2. The Balaban J connectivity index is 1.76. The van der Waals surface area contributed by atoms with Crippen LogP contribution in [0.4, 0.5) is 5.82 Å². The Morgan fingerprint density at radius 2 is 2.20 bits per heavy atom. The van der Waals surface area contributed by atoms with Crippen molar-refractivity contribution in [3.63, 3.8) is 0 Å². The predicted octanol–water partition coefficient (Wildman–Crippen LogP) is 1.61. The lowest BCUT2D eigenvalue weighted by Gasteiger charge is -2.01. The first kappa shape index (κ1) is 16.9. The molecule has 128 valence electrons. The van der Waals surface area contributed by atoms with Gasteiger partial charge in [-0.1, -0.05) is 40.5 Å². The smallest absolute Gasteiger partial charge is 0.293 e. The van der Waals surface area contributed by atoms with Crippen LogP contribution < -0.4 is 11.2 Å². The molecule has 2 heterocycles.